The first-order valence-electron chi connectivity index (χ1n) is 6.98. The van der Waals surface area contributed by atoms with Crippen molar-refractivity contribution < 1.29 is 13.2 Å². The highest BCUT2D eigenvalue weighted by molar-refractivity contribution is 7.91. The minimum atomic E-state index is -3.04. The fraction of sp³-hybridized carbons (Fsp3) is 0.333. The van der Waals surface area contributed by atoms with Gasteiger partial charge in [0.15, 0.2) is 9.84 Å². The second-order valence-corrected chi connectivity index (χ2v) is 8.37. The minimum absolute atomic E-state index is 0.0448. The molecule has 116 valence electrons. The van der Waals surface area contributed by atoms with Gasteiger partial charge in [0, 0.05) is 30.4 Å². The quantitative estimate of drug-likeness (QED) is 0.856. The van der Waals surface area contributed by atoms with Crippen molar-refractivity contribution in [1.82, 2.24) is 9.88 Å². The van der Waals surface area contributed by atoms with Crippen LogP contribution in [0.2, 0.25) is 0 Å². The molecule has 5 nitrogen and oxygen atoms in total. The molecule has 1 fully saturated rings. The van der Waals surface area contributed by atoms with Gasteiger partial charge in [-0.05, 0) is 29.5 Å². The molecule has 0 spiro atoms. The smallest absolute Gasteiger partial charge is 0.255 e. The molecule has 1 amide bonds. The van der Waals surface area contributed by atoms with E-state index in [2.05, 4.69) is 4.98 Å². The molecule has 7 heteroatoms. The molecule has 0 unspecified atom stereocenters. The topological polar surface area (TPSA) is 67.3 Å². The van der Waals surface area contributed by atoms with Crippen LogP contribution >= 0.6 is 11.3 Å². The lowest BCUT2D eigenvalue weighted by molar-refractivity contribution is 0.0681. The Hall–Kier alpha value is -1.73. The summed E-state index contributed by atoms with van der Waals surface area (Å²) in [7, 11) is -3.04. The summed E-state index contributed by atoms with van der Waals surface area (Å²) in [5.74, 6) is 0.0774. The summed E-state index contributed by atoms with van der Waals surface area (Å²) < 4.78 is 23.5. The SMILES string of the molecule is O=C(c1ccsc1)N(Cc1cccnc1)[C@H]1CCS(=O)(=O)C1. The Morgan fingerprint density at radius 1 is 1.41 bits per heavy atom. The molecule has 1 aliphatic heterocycles. The van der Waals surface area contributed by atoms with Crippen LogP contribution in [0.4, 0.5) is 0 Å². The number of hydrogen-bond acceptors (Lipinski definition) is 5. The number of rotatable bonds is 4. The van der Waals surface area contributed by atoms with E-state index in [1.807, 2.05) is 17.5 Å². The van der Waals surface area contributed by atoms with E-state index in [0.717, 1.165) is 5.56 Å². The van der Waals surface area contributed by atoms with Crippen LogP contribution in [-0.2, 0) is 16.4 Å². The molecule has 1 aliphatic rings. The third-order valence-electron chi connectivity index (χ3n) is 3.75. The van der Waals surface area contributed by atoms with Crippen molar-refractivity contribution in [2.24, 2.45) is 0 Å². The molecular weight excluding hydrogens is 320 g/mol. The lowest BCUT2D eigenvalue weighted by Gasteiger charge is -2.28. The fourth-order valence-corrected chi connectivity index (χ4v) is 4.99. The van der Waals surface area contributed by atoms with E-state index in [9.17, 15) is 13.2 Å². The van der Waals surface area contributed by atoms with Crippen molar-refractivity contribution in [1.29, 1.82) is 0 Å². The maximum absolute atomic E-state index is 12.7. The van der Waals surface area contributed by atoms with Gasteiger partial charge < -0.3 is 4.90 Å². The van der Waals surface area contributed by atoms with Crippen LogP contribution in [0.25, 0.3) is 0 Å². The highest BCUT2D eigenvalue weighted by Crippen LogP contribution is 2.22. The fourth-order valence-electron chi connectivity index (χ4n) is 2.63. The van der Waals surface area contributed by atoms with Gasteiger partial charge in [0.25, 0.3) is 5.91 Å². The van der Waals surface area contributed by atoms with Gasteiger partial charge in [0.05, 0.1) is 17.1 Å². The molecule has 0 aliphatic carbocycles. The first kappa shape index (κ1) is 15.2. The molecule has 22 heavy (non-hydrogen) atoms. The number of pyridine rings is 1. The maximum atomic E-state index is 12.7. The molecule has 3 rings (SSSR count). The monoisotopic (exact) mass is 336 g/mol. The summed E-state index contributed by atoms with van der Waals surface area (Å²) >= 11 is 1.46. The average Bonchev–Trinajstić information content (AvgIpc) is 3.14. The lowest BCUT2D eigenvalue weighted by Crippen LogP contribution is -2.40. The Morgan fingerprint density at radius 3 is 2.86 bits per heavy atom. The molecule has 2 aromatic rings. The van der Waals surface area contributed by atoms with Crippen LogP contribution in [0.3, 0.4) is 0 Å². The normalized spacial score (nSPS) is 19.9. The number of aromatic nitrogens is 1. The van der Waals surface area contributed by atoms with E-state index in [1.54, 1.807) is 28.7 Å². The van der Waals surface area contributed by atoms with Crippen molar-refractivity contribution in [3.05, 3.63) is 52.5 Å². The van der Waals surface area contributed by atoms with Crippen LogP contribution < -0.4 is 0 Å². The Morgan fingerprint density at radius 2 is 2.27 bits per heavy atom. The van der Waals surface area contributed by atoms with Crippen molar-refractivity contribution in [2.75, 3.05) is 11.5 Å². The van der Waals surface area contributed by atoms with Gasteiger partial charge in [-0.3, -0.25) is 9.78 Å². The third-order valence-corrected chi connectivity index (χ3v) is 6.19. The van der Waals surface area contributed by atoms with Crippen molar-refractivity contribution >= 4 is 27.1 Å². The van der Waals surface area contributed by atoms with E-state index < -0.39 is 9.84 Å². The van der Waals surface area contributed by atoms with Gasteiger partial charge in [-0.15, -0.1) is 0 Å². The average molecular weight is 336 g/mol. The van der Waals surface area contributed by atoms with Crippen molar-refractivity contribution in [3.63, 3.8) is 0 Å². The number of sulfone groups is 1. The summed E-state index contributed by atoms with van der Waals surface area (Å²) in [4.78, 5) is 18.5. The highest BCUT2D eigenvalue weighted by Gasteiger charge is 2.35. The Kier molecular flexibility index (Phi) is 4.26. The maximum Gasteiger partial charge on any atom is 0.255 e. The second kappa shape index (κ2) is 6.18. The number of hydrogen-bond donors (Lipinski definition) is 0. The van der Waals surface area contributed by atoms with E-state index in [4.69, 9.17) is 0 Å². The highest BCUT2D eigenvalue weighted by atomic mass is 32.2. The molecule has 3 heterocycles. The summed E-state index contributed by atoms with van der Waals surface area (Å²) in [6.07, 6.45) is 3.88. The van der Waals surface area contributed by atoms with E-state index >= 15 is 0 Å². The van der Waals surface area contributed by atoms with Crippen molar-refractivity contribution in [2.45, 2.75) is 19.0 Å². The van der Waals surface area contributed by atoms with Crippen molar-refractivity contribution in [3.8, 4) is 0 Å². The van der Waals surface area contributed by atoms with Crippen LogP contribution in [0.15, 0.2) is 41.4 Å². The summed E-state index contributed by atoms with van der Waals surface area (Å²) in [6.45, 7) is 0.378. The van der Waals surface area contributed by atoms with E-state index in [-0.39, 0.29) is 23.5 Å². The number of nitrogens with zero attached hydrogens (tertiary/aromatic N) is 2. The molecule has 0 bridgehead atoms. The molecular formula is C15H16N2O3S2. The molecule has 0 N–H and O–H groups in total. The summed E-state index contributed by atoms with van der Waals surface area (Å²) in [5, 5.41) is 3.64. The number of thiophene rings is 1. The third kappa shape index (κ3) is 3.36. The largest absolute Gasteiger partial charge is 0.330 e. The first-order chi connectivity index (χ1) is 10.6. The second-order valence-electron chi connectivity index (χ2n) is 5.36. The van der Waals surface area contributed by atoms with Gasteiger partial charge in [-0.2, -0.15) is 11.3 Å². The van der Waals surface area contributed by atoms with Crippen LogP contribution in [0, 0.1) is 0 Å². The standard InChI is InChI=1S/C15H16N2O3S2/c18-15(13-3-6-21-10-13)17(9-12-2-1-5-16-8-12)14-4-7-22(19,20)11-14/h1-3,5-6,8,10,14H,4,7,9,11H2/t14-/m0/s1. The number of amides is 1. The molecule has 2 aromatic heterocycles. The predicted octanol–water partition coefficient (Wildman–Crippen LogP) is 1.97. The zero-order valence-corrected chi connectivity index (χ0v) is 13.5. The lowest BCUT2D eigenvalue weighted by atomic mass is 10.1. The first-order valence-corrected chi connectivity index (χ1v) is 9.74. The number of carbonyl (C=O) groups excluding carboxylic acids is 1. The molecule has 0 aromatic carbocycles. The van der Waals surface area contributed by atoms with Gasteiger partial charge in [-0.25, -0.2) is 8.42 Å². The Bertz CT molecular complexity index is 742. The van der Waals surface area contributed by atoms with Crippen LogP contribution in [0.5, 0.6) is 0 Å². The molecule has 1 atom stereocenters. The summed E-state index contributed by atoms with van der Waals surface area (Å²) in [6, 6.07) is 5.21. The van der Waals surface area contributed by atoms with Gasteiger partial charge in [0.2, 0.25) is 0 Å². The zero-order valence-electron chi connectivity index (χ0n) is 11.9. The number of carbonyl (C=O) groups is 1. The van der Waals surface area contributed by atoms with Crippen LogP contribution in [-0.4, -0.2) is 41.8 Å². The zero-order chi connectivity index (χ0) is 15.6. The molecule has 0 saturated carbocycles. The van der Waals surface area contributed by atoms with E-state index in [1.165, 1.54) is 11.3 Å². The van der Waals surface area contributed by atoms with Crippen LogP contribution in [0.1, 0.15) is 22.3 Å². The Balaban J connectivity index is 1.87. The summed E-state index contributed by atoms with van der Waals surface area (Å²) in [5.41, 5.74) is 1.51. The van der Waals surface area contributed by atoms with Gasteiger partial charge in [0.1, 0.15) is 0 Å². The molecule has 0 radical (unpaired) electrons. The van der Waals surface area contributed by atoms with E-state index in [0.29, 0.717) is 18.5 Å². The Labute approximate surface area is 133 Å². The predicted molar refractivity (Wildman–Crippen MR) is 85.5 cm³/mol. The molecule has 1 saturated heterocycles. The minimum Gasteiger partial charge on any atom is -0.330 e. The van der Waals surface area contributed by atoms with Gasteiger partial charge >= 0.3 is 0 Å². The van der Waals surface area contributed by atoms with Gasteiger partial charge in [-0.1, -0.05) is 6.07 Å².